The molecular formula is C26H28N2O5S. The predicted molar refractivity (Wildman–Crippen MR) is 131 cm³/mol. The first kappa shape index (κ1) is 23.8. The summed E-state index contributed by atoms with van der Waals surface area (Å²) in [5.41, 5.74) is 1.61. The summed E-state index contributed by atoms with van der Waals surface area (Å²) in [6.07, 6.45) is 4.43. The van der Waals surface area contributed by atoms with Crippen molar-refractivity contribution in [3.63, 3.8) is 0 Å². The molecule has 0 radical (unpaired) electrons. The third-order valence-electron chi connectivity index (χ3n) is 5.73. The molecule has 0 spiro atoms. The maximum atomic E-state index is 12.9. The van der Waals surface area contributed by atoms with Crippen LogP contribution in [0.3, 0.4) is 0 Å². The van der Waals surface area contributed by atoms with Gasteiger partial charge in [0.25, 0.3) is 5.91 Å². The number of amides is 1. The highest BCUT2D eigenvalue weighted by Gasteiger charge is 2.20. The van der Waals surface area contributed by atoms with Crippen molar-refractivity contribution in [2.45, 2.75) is 43.2 Å². The van der Waals surface area contributed by atoms with Crippen LogP contribution in [-0.4, -0.2) is 27.5 Å². The van der Waals surface area contributed by atoms with E-state index in [1.807, 2.05) is 30.3 Å². The Morgan fingerprint density at radius 3 is 2.44 bits per heavy atom. The molecule has 1 aliphatic carbocycles. The zero-order valence-corrected chi connectivity index (χ0v) is 19.8. The highest BCUT2D eigenvalue weighted by atomic mass is 32.2. The van der Waals surface area contributed by atoms with Crippen LogP contribution in [0.15, 0.2) is 77.7 Å². The summed E-state index contributed by atoms with van der Waals surface area (Å²) in [7, 11) is -2.21. The second-order valence-corrected chi connectivity index (χ2v) is 9.95. The molecule has 8 heteroatoms. The smallest absolute Gasteiger partial charge is 0.255 e. The molecule has 3 aromatic carbocycles. The van der Waals surface area contributed by atoms with E-state index >= 15 is 0 Å². The summed E-state index contributed by atoms with van der Waals surface area (Å²) in [6, 6.07) is 20.4. The largest absolute Gasteiger partial charge is 0.493 e. The molecule has 3 aromatic rings. The van der Waals surface area contributed by atoms with Gasteiger partial charge in [0.1, 0.15) is 0 Å². The van der Waals surface area contributed by atoms with E-state index in [1.165, 1.54) is 12.1 Å². The van der Waals surface area contributed by atoms with Gasteiger partial charge >= 0.3 is 0 Å². The number of nitrogens with one attached hydrogen (secondary N) is 2. The van der Waals surface area contributed by atoms with Crippen LogP contribution < -0.4 is 19.5 Å². The van der Waals surface area contributed by atoms with Crippen LogP contribution in [0.2, 0.25) is 0 Å². The Bertz CT molecular complexity index is 1240. The van der Waals surface area contributed by atoms with Gasteiger partial charge in [0, 0.05) is 23.9 Å². The van der Waals surface area contributed by atoms with E-state index in [4.69, 9.17) is 9.47 Å². The number of carbonyl (C=O) groups excluding carboxylic acids is 1. The van der Waals surface area contributed by atoms with Crippen LogP contribution in [-0.2, 0) is 16.6 Å². The quantitative estimate of drug-likeness (QED) is 0.461. The molecule has 1 amide bonds. The molecule has 34 heavy (non-hydrogen) atoms. The van der Waals surface area contributed by atoms with E-state index in [9.17, 15) is 13.2 Å². The fourth-order valence-electron chi connectivity index (χ4n) is 3.90. The Kier molecular flexibility index (Phi) is 7.49. The Labute approximate surface area is 200 Å². The number of hydrogen-bond acceptors (Lipinski definition) is 5. The Balaban J connectivity index is 1.46. The zero-order chi connectivity index (χ0) is 24.0. The van der Waals surface area contributed by atoms with Crippen LogP contribution in [0.25, 0.3) is 0 Å². The molecule has 0 heterocycles. The van der Waals surface area contributed by atoms with Gasteiger partial charge in [-0.05, 0) is 61.6 Å². The van der Waals surface area contributed by atoms with E-state index in [2.05, 4.69) is 10.0 Å². The molecular weight excluding hydrogens is 452 g/mol. The Morgan fingerprint density at radius 2 is 1.71 bits per heavy atom. The fourth-order valence-corrected chi connectivity index (χ4v) is 4.96. The lowest BCUT2D eigenvalue weighted by atomic mass is 10.2. The van der Waals surface area contributed by atoms with Gasteiger partial charge in [0.15, 0.2) is 11.5 Å². The molecule has 178 valence electrons. The van der Waals surface area contributed by atoms with Crippen molar-refractivity contribution in [3.8, 4) is 11.5 Å². The average molecular weight is 481 g/mol. The van der Waals surface area contributed by atoms with Crippen LogP contribution in [0.4, 0.5) is 5.69 Å². The molecule has 0 aromatic heterocycles. The Morgan fingerprint density at radius 1 is 0.941 bits per heavy atom. The van der Waals surface area contributed by atoms with Crippen LogP contribution >= 0.6 is 0 Å². The second-order valence-electron chi connectivity index (χ2n) is 8.18. The van der Waals surface area contributed by atoms with Crippen molar-refractivity contribution >= 4 is 21.6 Å². The number of hydrogen-bond donors (Lipinski definition) is 2. The van der Waals surface area contributed by atoms with Crippen LogP contribution in [0, 0.1) is 0 Å². The van der Waals surface area contributed by atoms with Crippen LogP contribution in [0.1, 0.15) is 41.6 Å². The van der Waals surface area contributed by atoms with Crippen LogP contribution in [0.5, 0.6) is 11.5 Å². The van der Waals surface area contributed by atoms with Crippen molar-refractivity contribution < 1.29 is 22.7 Å². The lowest BCUT2D eigenvalue weighted by molar-refractivity contribution is 0.102. The van der Waals surface area contributed by atoms with Gasteiger partial charge in [-0.15, -0.1) is 0 Å². The summed E-state index contributed by atoms with van der Waals surface area (Å²) in [5, 5.41) is 2.82. The number of sulfonamides is 1. The van der Waals surface area contributed by atoms with Gasteiger partial charge in [0.05, 0.1) is 18.1 Å². The summed E-state index contributed by atoms with van der Waals surface area (Å²) < 4.78 is 39.5. The van der Waals surface area contributed by atoms with E-state index in [-0.39, 0.29) is 23.1 Å². The molecule has 0 atom stereocenters. The van der Waals surface area contributed by atoms with Crippen molar-refractivity contribution in [1.29, 1.82) is 0 Å². The minimum atomic E-state index is -3.78. The van der Waals surface area contributed by atoms with Crippen molar-refractivity contribution in [3.05, 3.63) is 83.9 Å². The first-order chi connectivity index (χ1) is 16.4. The van der Waals surface area contributed by atoms with Gasteiger partial charge in [0.2, 0.25) is 10.0 Å². The lowest BCUT2D eigenvalue weighted by Crippen LogP contribution is -2.23. The SMILES string of the molecule is COc1ccc(NC(=O)c2cccc(S(=O)(=O)NCc3ccccc3)c2)cc1OC1CCCC1. The number of methoxy groups -OCH3 is 1. The molecule has 0 unspecified atom stereocenters. The number of ether oxygens (including phenoxy) is 2. The highest BCUT2D eigenvalue weighted by Crippen LogP contribution is 2.34. The molecule has 0 saturated heterocycles. The summed E-state index contributed by atoms with van der Waals surface area (Å²) >= 11 is 0. The Hall–Kier alpha value is -3.36. The maximum Gasteiger partial charge on any atom is 0.255 e. The minimum absolute atomic E-state index is 0.0241. The van der Waals surface area contributed by atoms with E-state index in [0.29, 0.717) is 17.2 Å². The lowest BCUT2D eigenvalue weighted by Gasteiger charge is -2.17. The van der Waals surface area contributed by atoms with E-state index in [0.717, 1.165) is 31.2 Å². The second kappa shape index (κ2) is 10.7. The summed E-state index contributed by atoms with van der Waals surface area (Å²) in [4.78, 5) is 12.9. The minimum Gasteiger partial charge on any atom is -0.493 e. The first-order valence-corrected chi connectivity index (χ1v) is 12.7. The third kappa shape index (κ3) is 5.95. The highest BCUT2D eigenvalue weighted by molar-refractivity contribution is 7.89. The molecule has 1 aliphatic rings. The van der Waals surface area contributed by atoms with Crippen molar-refractivity contribution in [1.82, 2.24) is 4.72 Å². The van der Waals surface area contributed by atoms with Gasteiger partial charge in [-0.25, -0.2) is 13.1 Å². The van der Waals surface area contributed by atoms with Crippen molar-refractivity contribution in [2.75, 3.05) is 12.4 Å². The molecule has 0 aliphatic heterocycles. The van der Waals surface area contributed by atoms with Gasteiger partial charge in [-0.2, -0.15) is 0 Å². The van der Waals surface area contributed by atoms with E-state index in [1.54, 1.807) is 37.4 Å². The maximum absolute atomic E-state index is 12.9. The summed E-state index contributed by atoms with van der Waals surface area (Å²) in [5.74, 6) is 0.758. The standard InChI is InChI=1S/C26H28N2O5S/c1-32-24-15-14-21(17-25(24)33-22-11-5-6-12-22)28-26(29)20-10-7-13-23(16-20)34(30,31)27-18-19-8-3-2-4-9-19/h2-4,7-10,13-17,22,27H,5-6,11-12,18H2,1H3,(H,28,29). The molecule has 4 rings (SSSR count). The molecule has 0 bridgehead atoms. The monoisotopic (exact) mass is 480 g/mol. The summed E-state index contributed by atoms with van der Waals surface area (Å²) in [6.45, 7) is 0.162. The number of rotatable bonds is 9. The zero-order valence-electron chi connectivity index (χ0n) is 19.0. The molecule has 1 fully saturated rings. The number of anilines is 1. The molecule has 7 nitrogen and oxygen atoms in total. The van der Waals surface area contributed by atoms with Gasteiger partial charge in [-0.1, -0.05) is 36.4 Å². The van der Waals surface area contributed by atoms with Crippen molar-refractivity contribution in [2.24, 2.45) is 0 Å². The predicted octanol–water partition coefficient (Wildman–Crippen LogP) is 4.75. The molecule has 2 N–H and O–H groups in total. The third-order valence-corrected chi connectivity index (χ3v) is 7.13. The molecule has 1 saturated carbocycles. The first-order valence-electron chi connectivity index (χ1n) is 11.2. The topological polar surface area (TPSA) is 93.7 Å². The van der Waals surface area contributed by atoms with Gasteiger partial charge in [-0.3, -0.25) is 4.79 Å². The van der Waals surface area contributed by atoms with E-state index < -0.39 is 15.9 Å². The number of benzene rings is 3. The normalized spacial score (nSPS) is 14.0. The fraction of sp³-hybridized carbons (Fsp3) is 0.269. The number of carbonyl (C=O) groups is 1. The van der Waals surface area contributed by atoms with Gasteiger partial charge < -0.3 is 14.8 Å². The average Bonchev–Trinajstić information content (AvgIpc) is 3.37.